The number of rotatable bonds is 5. The largest absolute Gasteiger partial charge is 0.481 e. The standard InChI is InChI=1S/C8H12N4O3/c1-5-10-7(12-11-5)8(15)9-4-2-3-6(13)14/h2-4H2,1H3,(H,9,15)(H,13,14)(H,10,11,12). The number of hydrogen-bond acceptors (Lipinski definition) is 4. The summed E-state index contributed by atoms with van der Waals surface area (Å²) in [5, 5.41) is 17.1. The number of carboxylic acid groups (broad SMARTS) is 1. The molecule has 1 aromatic rings. The zero-order valence-corrected chi connectivity index (χ0v) is 8.28. The third-order valence-corrected chi connectivity index (χ3v) is 1.65. The topological polar surface area (TPSA) is 108 Å². The summed E-state index contributed by atoms with van der Waals surface area (Å²) >= 11 is 0. The molecule has 0 fully saturated rings. The predicted molar refractivity (Wildman–Crippen MR) is 50.3 cm³/mol. The molecule has 0 aliphatic rings. The molecule has 0 unspecified atom stereocenters. The average Bonchev–Trinajstić information content (AvgIpc) is 2.59. The third kappa shape index (κ3) is 3.75. The second-order valence-electron chi connectivity index (χ2n) is 3.00. The van der Waals surface area contributed by atoms with Crippen molar-refractivity contribution in [3.05, 3.63) is 11.6 Å². The zero-order valence-electron chi connectivity index (χ0n) is 8.28. The Morgan fingerprint density at radius 2 is 2.27 bits per heavy atom. The molecule has 0 aliphatic heterocycles. The van der Waals surface area contributed by atoms with E-state index in [0.29, 0.717) is 18.8 Å². The van der Waals surface area contributed by atoms with E-state index >= 15 is 0 Å². The van der Waals surface area contributed by atoms with Gasteiger partial charge in [0.05, 0.1) is 0 Å². The maximum Gasteiger partial charge on any atom is 0.303 e. The molecule has 1 aromatic heterocycles. The number of H-pyrrole nitrogens is 1. The van der Waals surface area contributed by atoms with Gasteiger partial charge in [-0.15, -0.1) is 5.10 Å². The van der Waals surface area contributed by atoms with Crippen molar-refractivity contribution in [3.8, 4) is 0 Å². The summed E-state index contributed by atoms with van der Waals surface area (Å²) in [5.74, 6) is -0.642. The number of hydrogen-bond donors (Lipinski definition) is 3. The lowest BCUT2D eigenvalue weighted by atomic mass is 10.3. The van der Waals surface area contributed by atoms with E-state index in [9.17, 15) is 9.59 Å². The lowest BCUT2D eigenvalue weighted by molar-refractivity contribution is -0.137. The van der Waals surface area contributed by atoms with Gasteiger partial charge in [-0.2, -0.15) is 0 Å². The Kier molecular flexibility index (Phi) is 3.78. The van der Waals surface area contributed by atoms with Gasteiger partial charge in [0.25, 0.3) is 5.91 Å². The molecule has 82 valence electrons. The van der Waals surface area contributed by atoms with Crippen molar-refractivity contribution in [2.24, 2.45) is 0 Å². The number of amides is 1. The quantitative estimate of drug-likeness (QED) is 0.581. The summed E-state index contributed by atoms with van der Waals surface area (Å²) < 4.78 is 0. The minimum Gasteiger partial charge on any atom is -0.481 e. The van der Waals surface area contributed by atoms with Crippen LogP contribution in [0.3, 0.4) is 0 Å². The van der Waals surface area contributed by atoms with Crippen LogP contribution in [0.1, 0.15) is 29.3 Å². The van der Waals surface area contributed by atoms with Crippen molar-refractivity contribution in [2.75, 3.05) is 6.54 Å². The smallest absolute Gasteiger partial charge is 0.303 e. The Morgan fingerprint density at radius 1 is 1.53 bits per heavy atom. The maximum absolute atomic E-state index is 11.3. The summed E-state index contributed by atoms with van der Waals surface area (Å²) in [7, 11) is 0. The third-order valence-electron chi connectivity index (χ3n) is 1.65. The normalized spacial score (nSPS) is 9.93. The number of aliphatic carboxylic acids is 1. The van der Waals surface area contributed by atoms with Crippen molar-refractivity contribution in [1.82, 2.24) is 20.5 Å². The Balaban J connectivity index is 2.28. The average molecular weight is 212 g/mol. The Labute approximate surface area is 85.9 Å². The minimum atomic E-state index is -0.877. The van der Waals surface area contributed by atoms with Crippen LogP contribution in [-0.4, -0.2) is 38.7 Å². The minimum absolute atomic E-state index is 0.0350. The van der Waals surface area contributed by atoms with E-state index in [1.165, 1.54) is 0 Å². The number of carbonyl (C=O) groups excluding carboxylic acids is 1. The first kappa shape index (κ1) is 11.2. The van der Waals surface area contributed by atoms with E-state index in [-0.39, 0.29) is 12.2 Å². The molecule has 7 nitrogen and oxygen atoms in total. The molecule has 0 spiro atoms. The number of aromatic amines is 1. The van der Waals surface area contributed by atoms with Gasteiger partial charge in [0.2, 0.25) is 5.82 Å². The van der Waals surface area contributed by atoms with Gasteiger partial charge in [-0.1, -0.05) is 0 Å². The number of aryl methyl sites for hydroxylation is 1. The summed E-state index contributed by atoms with van der Waals surface area (Å²) in [5.41, 5.74) is 0. The van der Waals surface area contributed by atoms with Crippen LogP contribution in [0, 0.1) is 6.92 Å². The van der Waals surface area contributed by atoms with Crippen molar-refractivity contribution in [2.45, 2.75) is 19.8 Å². The van der Waals surface area contributed by atoms with Crippen molar-refractivity contribution >= 4 is 11.9 Å². The molecule has 0 aliphatic carbocycles. The highest BCUT2D eigenvalue weighted by Gasteiger charge is 2.09. The molecule has 0 radical (unpaired) electrons. The first-order valence-corrected chi connectivity index (χ1v) is 4.48. The molecule has 0 saturated carbocycles. The van der Waals surface area contributed by atoms with E-state index < -0.39 is 11.9 Å². The number of carboxylic acids is 1. The fraction of sp³-hybridized carbons (Fsp3) is 0.500. The highest BCUT2D eigenvalue weighted by Crippen LogP contribution is 1.91. The van der Waals surface area contributed by atoms with Gasteiger partial charge >= 0.3 is 5.97 Å². The van der Waals surface area contributed by atoms with Crippen LogP contribution in [0.5, 0.6) is 0 Å². The maximum atomic E-state index is 11.3. The Bertz CT molecular complexity index is 361. The fourth-order valence-corrected chi connectivity index (χ4v) is 0.965. The van der Waals surface area contributed by atoms with Crippen molar-refractivity contribution < 1.29 is 14.7 Å². The molecule has 7 heteroatoms. The highest BCUT2D eigenvalue weighted by atomic mass is 16.4. The first-order valence-electron chi connectivity index (χ1n) is 4.48. The van der Waals surface area contributed by atoms with Crippen molar-refractivity contribution in [3.63, 3.8) is 0 Å². The van der Waals surface area contributed by atoms with Crippen LogP contribution in [0.2, 0.25) is 0 Å². The monoisotopic (exact) mass is 212 g/mol. The Hall–Kier alpha value is -1.92. The van der Waals surface area contributed by atoms with Gasteiger partial charge in [-0.25, -0.2) is 4.98 Å². The lowest BCUT2D eigenvalue weighted by Gasteiger charge is -1.99. The van der Waals surface area contributed by atoms with Crippen molar-refractivity contribution in [1.29, 1.82) is 0 Å². The zero-order chi connectivity index (χ0) is 11.3. The van der Waals surface area contributed by atoms with Gasteiger partial charge in [0.15, 0.2) is 0 Å². The van der Waals surface area contributed by atoms with Crippen LogP contribution in [0.25, 0.3) is 0 Å². The lowest BCUT2D eigenvalue weighted by Crippen LogP contribution is -2.26. The van der Waals surface area contributed by atoms with Crippen LogP contribution < -0.4 is 5.32 Å². The van der Waals surface area contributed by atoms with E-state index in [2.05, 4.69) is 20.5 Å². The van der Waals surface area contributed by atoms with E-state index in [1.807, 2.05) is 0 Å². The second-order valence-corrected chi connectivity index (χ2v) is 3.00. The molecular weight excluding hydrogens is 200 g/mol. The number of aromatic nitrogens is 3. The second kappa shape index (κ2) is 5.08. The van der Waals surface area contributed by atoms with E-state index in [0.717, 1.165) is 0 Å². The van der Waals surface area contributed by atoms with Crippen LogP contribution >= 0.6 is 0 Å². The molecule has 1 heterocycles. The number of nitrogens with zero attached hydrogens (tertiary/aromatic N) is 2. The fourth-order valence-electron chi connectivity index (χ4n) is 0.965. The van der Waals surface area contributed by atoms with Crippen LogP contribution in [0.15, 0.2) is 0 Å². The van der Waals surface area contributed by atoms with Crippen LogP contribution in [0.4, 0.5) is 0 Å². The van der Waals surface area contributed by atoms with Gasteiger partial charge in [-0.05, 0) is 13.3 Å². The summed E-state index contributed by atoms with van der Waals surface area (Å²) in [6.45, 7) is 1.99. The molecule has 0 saturated heterocycles. The first-order chi connectivity index (χ1) is 7.09. The van der Waals surface area contributed by atoms with Gasteiger partial charge in [0, 0.05) is 13.0 Å². The molecule has 1 amide bonds. The van der Waals surface area contributed by atoms with Gasteiger partial charge in [-0.3, -0.25) is 14.7 Å². The molecular formula is C8H12N4O3. The van der Waals surface area contributed by atoms with E-state index in [1.54, 1.807) is 6.92 Å². The van der Waals surface area contributed by atoms with Gasteiger partial charge < -0.3 is 10.4 Å². The molecule has 15 heavy (non-hydrogen) atoms. The SMILES string of the molecule is Cc1nc(C(=O)NCCCC(=O)O)n[nH]1. The molecule has 0 atom stereocenters. The molecule has 1 rings (SSSR count). The van der Waals surface area contributed by atoms with E-state index in [4.69, 9.17) is 5.11 Å². The predicted octanol–water partition coefficient (Wildman–Crippen LogP) is -0.292. The number of nitrogens with one attached hydrogen (secondary N) is 2. The van der Waals surface area contributed by atoms with Gasteiger partial charge in [0.1, 0.15) is 5.82 Å². The summed E-state index contributed by atoms with van der Waals surface area (Å²) in [4.78, 5) is 25.3. The molecule has 3 N–H and O–H groups in total. The van der Waals surface area contributed by atoms with Crippen LogP contribution in [-0.2, 0) is 4.79 Å². The molecule has 0 aromatic carbocycles. The molecule has 0 bridgehead atoms. The number of carbonyl (C=O) groups is 2. The Morgan fingerprint density at radius 3 is 2.80 bits per heavy atom. The summed E-state index contributed by atoms with van der Waals surface area (Å²) in [6, 6.07) is 0. The highest BCUT2D eigenvalue weighted by molar-refractivity contribution is 5.90. The summed E-state index contributed by atoms with van der Waals surface area (Å²) in [6.07, 6.45) is 0.428.